The minimum absolute atomic E-state index is 0.0191. The summed E-state index contributed by atoms with van der Waals surface area (Å²) in [5, 5.41) is 15.3. The highest BCUT2D eigenvalue weighted by Crippen LogP contribution is 2.16. The average molecular weight is 341 g/mol. The van der Waals surface area contributed by atoms with Crippen LogP contribution in [0, 0.1) is 0 Å². The molecule has 9 heteroatoms. The third-order valence-corrected chi connectivity index (χ3v) is 4.58. The van der Waals surface area contributed by atoms with E-state index in [0.717, 1.165) is 5.82 Å². The Bertz CT molecular complexity index is 751. The van der Waals surface area contributed by atoms with Gasteiger partial charge < -0.3 is 15.1 Å². The van der Waals surface area contributed by atoms with Gasteiger partial charge in [0.05, 0.1) is 0 Å². The molecule has 2 amide bonds. The van der Waals surface area contributed by atoms with Gasteiger partial charge in [-0.1, -0.05) is 0 Å². The zero-order valence-corrected chi connectivity index (χ0v) is 13.7. The van der Waals surface area contributed by atoms with Crippen molar-refractivity contribution in [2.24, 2.45) is 0 Å². The smallest absolute Gasteiger partial charge is 0.245 e. The number of nitrogens with one attached hydrogen (secondary N) is 1. The quantitative estimate of drug-likeness (QED) is 0.815. The molecule has 0 spiro atoms. The zero-order chi connectivity index (χ0) is 17.2. The standard InChI is InChI=1S/C16H19N7O2/c24-15-5-2-12(18-15)16(25)22-10-8-21(9-11-22)13-3-4-14(20-19-13)23-7-1-6-17-23/h1,3-4,6-7,12H,2,5,8-11H2,(H,18,24)/t12-/m0/s1. The van der Waals surface area contributed by atoms with Crippen molar-refractivity contribution in [3.05, 3.63) is 30.6 Å². The van der Waals surface area contributed by atoms with Crippen molar-refractivity contribution in [1.82, 2.24) is 30.2 Å². The van der Waals surface area contributed by atoms with Crippen molar-refractivity contribution in [2.45, 2.75) is 18.9 Å². The van der Waals surface area contributed by atoms with Crippen LogP contribution in [-0.4, -0.2) is 68.9 Å². The lowest BCUT2D eigenvalue weighted by Gasteiger charge is -2.36. The first kappa shape index (κ1) is 15.6. The molecule has 2 aromatic heterocycles. The number of carbonyl (C=O) groups excluding carboxylic acids is 2. The van der Waals surface area contributed by atoms with Gasteiger partial charge in [0.15, 0.2) is 11.6 Å². The Morgan fingerprint density at radius 2 is 1.88 bits per heavy atom. The SMILES string of the molecule is O=C1CC[C@@H](C(=O)N2CCN(c3ccc(-n4cccn4)nn3)CC2)N1. The molecule has 4 heterocycles. The van der Waals surface area contributed by atoms with Crippen LogP contribution in [-0.2, 0) is 9.59 Å². The zero-order valence-electron chi connectivity index (χ0n) is 13.7. The van der Waals surface area contributed by atoms with Crippen LogP contribution in [0.2, 0.25) is 0 Å². The second-order valence-electron chi connectivity index (χ2n) is 6.17. The number of hydrogen-bond acceptors (Lipinski definition) is 6. The maximum absolute atomic E-state index is 12.4. The molecule has 9 nitrogen and oxygen atoms in total. The van der Waals surface area contributed by atoms with Crippen LogP contribution < -0.4 is 10.2 Å². The van der Waals surface area contributed by atoms with Crippen LogP contribution in [0.3, 0.4) is 0 Å². The van der Waals surface area contributed by atoms with Crippen molar-refractivity contribution in [1.29, 1.82) is 0 Å². The van der Waals surface area contributed by atoms with Crippen molar-refractivity contribution in [3.63, 3.8) is 0 Å². The summed E-state index contributed by atoms with van der Waals surface area (Å²) in [5.41, 5.74) is 0. The summed E-state index contributed by atoms with van der Waals surface area (Å²) in [7, 11) is 0. The molecule has 2 aliphatic heterocycles. The molecule has 130 valence electrons. The highest BCUT2D eigenvalue weighted by molar-refractivity contribution is 5.90. The maximum atomic E-state index is 12.4. The number of anilines is 1. The summed E-state index contributed by atoms with van der Waals surface area (Å²) in [6.45, 7) is 2.63. The van der Waals surface area contributed by atoms with Crippen LogP contribution in [0.15, 0.2) is 30.6 Å². The molecule has 0 unspecified atom stereocenters. The predicted octanol–water partition coefficient (Wildman–Crippen LogP) is -0.410. The predicted molar refractivity (Wildman–Crippen MR) is 89.1 cm³/mol. The molecule has 25 heavy (non-hydrogen) atoms. The lowest BCUT2D eigenvalue weighted by molar-refractivity contribution is -0.134. The largest absolute Gasteiger partial charge is 0.352 e. The number of piperazine rings is 1. The van der Waals surface area contributed by atoms with E-state index in [1.807, 2.05) is 29.3 Å². The van der Waals surface area contributed by atoms with E-state index in [2.05, 4.69) is 25.5 Å². The molecular formula is C16H19N7O2. The topological polar surface area (TPSA) is 96.3 Å². The summed E-state index contributed by atoms with van der Waals surface area (Å²) in [4.78, 5) is 27.6. The van der Waals surface area contributed by atoms with Crippen LogP contribution in [0.25, 0.3) is 5.82 Å². The monoisotopic (exact) mass is 341 g/mol. The normalized spacial score (nSPS) is 20.6. The molecule has 2 aromatic rings. The summed E-state index contributed by atoms with van der Waals surface area (Å²) >= 11 is 0. The third-order valence-electron chi connectivity index (χ3n) is 4.58. The number of aromatic nitrogens is 4. The molecule has 0 aromatic carbocycles. The van der Waals surface area contributed by atoms with E-state index in [4.69, 9.17) is 0 Å². The van der Waals surface area contributed by atoms with E-state index in [1.165, 1.54) is 0 Å². The second-order valence-corrected chi connectivity index (χ2v) is 6.17. The van der Waals surface area contributed by atoms with Crippen LogP contribution in [0.4, 0.5) is 5.82 Å². The van der Waals surface area contributed by atoms with E-state index >= 15 is 0 Å². The minimum Gasteiger partial charge on any atom is -0.352 e. The van der Waals surface area contributed by atoms with E-state index in [-0.39, 0.29) is 17.9 Å². The molecule has 0 bridgehead atoms. The first-order valence-electron chi connectivity index (χ1n) is 8.37. The van der Waals surface area contributed by atoms with Gasteiger partial charge in [0, 0.05) is 45.0 Å². The number of hydrogen-bond donors (Lipinski definition) is 1. The lowest BCUT2D eigenvalue weighted by Crippen LogP contribution is -2.53. The Labute approximate surface area is 144 Å². The number of rotatable bonds is 3. The van der Waals surface area contributed by atoms with Gasteiger partial charge in [0.2, 0.25) is 11.8 Å². The summed E-state index contributed by atoms with van der Waals surface area (Å²) < 4.78 is 1.66. The third kappa shape index (κ3) is 3.17. The highest BCUT2D eigenvalue weighted by Gasteiger charge is 2.32. The molecule has 1 N–H and O–H groups in total. The Balaban J connectivity index is 1.35. The van der Waals surface area contributed by atoms with Crippen LogP contribution >= 0.6 is 0 Å². The van der Waals surface area contributed by atoms with Crippen LogP contribution in [0.1, 0.15) is 12.8 Å². The summed E-state index contributed by atoms with van der Waals surface area (Å²) in [6.07, 6.45) is 4.54. The minimum atomic E-state index is -0.354. The fourth-order valence-corrected chi connectivity index (χ4v) is 3.19. The van der Waals surface area contributed by atoms with E-state index in [9.17, 15) is 9.59 Å². The van der Waals surface area contributed by atoms with Gasteiger partial charge in [-0.25, -0.2) is 4.68 Å². The first-order valence-corrected chi connectivity index (χ1v) is 8.37. The highest BCUT2D eigenvalue weighted by atomic mass is 16.2. The lowest BCUT2D eigenvalue weighted by atomic mass is 10.2. The molecule has 0 radical (unpaired) electrons. The fraction of sp³-hybridized carbons (Fsp3) is 0.438. The average Bonchev–Trinajstić information content (AvgIpc) is 3.33. The Morgan fingerprint density at radius 3 is 2.48 bits per heavy atom. The van der Waals surface area contributed by atoms with Gasteiger partial charge in [-0.3, -0.25) is 9.59 Å². The van der Waals surface area contributed by atoms with E-state index in [0.29, 0.717) is 44.8 Å². The Hall–Kier alpha value is -2.97. The van der Waals surface area contributed by atoms with Crippen molar-refractivity contribution < 1.29 is 9.59 Å². The first-order chi connectivity index (χ1) is 12.2. The summed E-state index contributed by atoms with van der Waals surface area (Å²) in [5.74, 6) is 1.44. The number of nitrogens with zero attached hydrogens (tertiary/aromatic N) is 6. The van der Waals surface area contributed by atoms with Crippen molar-refractivity contribution >= 4 is 17.6 Å². The van der Waals surface area contributed by atoms with Crippen LogP contribution in [0.5, 0.6) is 0 Å². The fourth-order valence-electron chi connectivity index (χ4n) is 3.19. The maximum Gasteiger partial charge on any atom is 0.245 e. The molecule has 1 atom stereocenters. The van der Waals surface area contributed by atoms with Gasteiger partial charge in [-0.05, 0) is 24.6 Å². The van der Waals surface area contributed by atoms with Gasteiger partial charge in [-0.15, -0.1) is 10.2 Å². The Kier molecular flexibility index (Phi) is 4.04. The van der Waals surface area contributed by atoms with Gasteiger partial charge in [-0.2, -0.15) is 5.10 Å². The molecule has 2 aliphatic rings. The van der Waals surface area contributed by atoms with Crippen molar-refractivity contribution in [2.75, 3.05) is 31.1 Å². The molecule has 4 rings (SSSR count). The number of amides is 2. The van der Waals surface area contributed by atoms with Gasteiger partial charge >= 0.3 is 0 Å². The summed E-state index contributed by atoms with van der Waals surface area (Å²) in [6, 6.07) is 5.27. The van der Waals surface area contributed by atoms with Crippen molar-refractivity contribution in [3.8, 4) is 5.82 Å². The van der Waals surface area contributed by atoms with E-state index in [1.54, 1.807) is 10.9 Å². The Morgan fingerprint density at radius 1 is 1.12 bits per heavy atom. The molecule has 2 fully saturated rings. The van der Waals surface area contributed by atoms with Gasteiger partial charge in [0.25, 0.3) is 0 Å². The van der Waals surface area contributed by atoms with E-state index < -0.39 is 0 Å². The van der Waals surface area contributed by atoms with Gasteiger partial charge in [0.1, 0.15) is 6.04 Å². The second kappa shape index (κ2) is 6.50. The number of carbonyl (C=O) groups is 2. The molecule has 0 aliphatic carbocycles. The molecular weight excluding hydrogens is 322 g/mol. The molecule has 0 saturated carbocycles. The molecule has 2 saturated heterocycles.